The molecule has 3 N–H and O–H groups in total. The number of nitrogens with zero attached hydrogens (tertiary/aromatic N) is 2. The Morgan fingerprint density at radius 3 is 2.67 bits per heavy atom. The number of hydrogen-bond donors (Lipinski definition) is 2. The largest absolute Gasteiger partial charge is 0.382 e. The number of hydrogen-bond acceptors (Lipinski definition) is 4. The Labute approximate surface area is 110 Å². The number of nitrogen functional groups attached to an aromatic ring is 1. The van der Waals surface area contributed by atoms with Crippen molar-refractivity contribution in [2.24, 2.45) is 0 Å². The second-order valence-electron chi connectivity index (χ2n) is 3.39. The number of aromatic nitrogens is 2. The third-order valence-electron chi connectivity index (χ3n) is 2.09. The van der Waals surface area contributed by atoms with E-state index in [4.69, 9.17) is 5.73 Å². The highest BCUT2D eigenvalue weighted by Gasteiger charge is 2.13. The molecule has 0 aliphatic rings. The number of carbonyl (C=O) groups excluding carboxylic acids is 1. The lowest BCUT2D eigenvalue weighted by Crippen LogP contribution is -2.16. The fourth-order valence-electron chi connectivity index (χ4n) is 1.27. The third-order valence-corrected chi connectivity index (χ3v) is 2.47. The minimum Gasteiger partial charge on any atom is -0.382 e. The summed E-state index contributed by atoms with van der Waals surface area (Å²) in [7, 11) is 0. The van der Waals surface area contributed by atoms with Gasteiger partial charge in [-0.25, -0.2) is 14.4 Å². The van der Waals surface area contributed by atoms with Crippen LogP contribution in [0, 0.1) is 5.82 Å². The van der Waals surface area contributed by atoms with Crippen molar-refractivity contribution in [2.75, 3.05) is 11.1 Å². The molecule has 0 fully saturated rings. The van der Waals surface area contributed by atoms with Crippen LogP contribution in [0.4, 0.5) is 15.9 Å². The van der Waals surface area contributed by atoms with Crippen LogP contribution >= 0.6 is 15.9 Å². The van der Waals surface area contributed by atoms with Crippen LogP contribution in [0.5, 0.6) is 0 Å². The Morgan fingerprint density at radius 2 is 2.00 bits per heavy atom. The summed E-state index contributed by atoms with van der Waals surface area (Å²) in [6.45, 7) is 0. The van der Waals surface area contributed by atoms with Crippen LogP contribution < -0.4 is 11.1 Å². The smallest absolute Gasteiger partial charge is 0.278 e. The summed E-state index contributed by atoms with van der Waals surface area (Å²) >= 11 is 3.10. The average molecular weight is 311 g/mol. The quantitative estimate of drug-likeness (QED) is 0.891. The molecular weight excluding hydrogens is 303 g/mol. The predicted molar refractivity (Wildman–Crippen MR) is 68.5 cm³/mol. The van der Waals surface area contributed by atoms with Crippen molar-refractivity contribution in [3.05, 3.63) is 46.6 Å². The van der Waals surface area contributed by atoms with Gasteiger partial charge in [0.15, 0.2) is 11.5 Å². The number of nitrogens with one attached hydrogen (secondary N) is 1. The zero-order valence-corrected chi connectivity index (χ0v) is 10.6. The van der Waals surface area contributed by atoms with Crippen molar-refractivity contribution in [1.82, 2.24) is 9.97 Å². The van der Waals surface area contributed by atoms with Gasteiger partial charge in [-0.2, -0.15) is 0 Å². The maximum Gasteiger partial charge on any atom is 0.278 e. The van der Waals surface area contributed by atoms with Crippen molar-refractivity contribution < 1.29 is 9.18 Å². The molecule has 0 unspecified atom stereocenters. The van der Waals surface area contributed by atoms with Gasteiger partial charge in [-0.15, -0.1) is 0 Å². The van der Waals surface area contributed by atoms with E-state index in [2.05, 4.69) is 31.2 Å². The molecule has 18 heavy (non-hydrogen) atoms. The molecule has 1 amide bonds. The second-order valence-corrected chi connectivity index (χ2v) is 4.20. The molecule has 1 aromatic carbocycles. The lowest BCUT2D eigenvalue weighted by molar-refractivity contribution is 0.102. The van der Waals surface area contributed by atoms with Crippen molar-refractivity contribution in [3.8, 4) is 0 Å². The monoisotopic (exact) mass is 310 g/mol. The molecule has 0 saturated heterocycles. The van der Waals surface area contributed by atoms with E-state index in [1.54, 1.807) is 0 Å². The summed E-state index contributed by atoms with van der Waals surface area (Å²) in [6.07, 6.45) is 1.39. The summed E-state index contributed by atoms with van der Waals surface area (Å²) in [5.74, 6) is -0.861. The van der Waals surface area contributed by atoms with Crippen LogP contribution in [-0.2, 0) is 0 Å². The van der Waals surface area contributed by atoms with Crippen molar-refractivity contribution in [3.63, 3.8) is 0 Å². The van der Waals surface area contributed by atoms with Crippen molar-refractivity contribution >= 4 is 33.3 Å². The normalized spacial score (nSPS) is 10.1. The number of anilines is 2. The molecule has 1 heterocycles. The lowest BCUT2D eigenvalue weighted by Gasteiger charge is -2.06. The first-order valence-corrected chi connectivity index (χ1v) is 5.70. The van der Waals surface area contributed by atoms with E-state index >= 15 is 0 Å². The van der Waals surface area contributed by atoms with E-state index < -0.39 is 5.91 Å². The Kier molecular flexibility index (Phi) is 3.52. The average Bonchev–Trinajstić information content (AvgIpc) is 2.35. The van der Waals surface area contributed by atoms with Crippen LogP contribution in [0.3, 0.4) is 0 Å². The van der Waals surface area contributed by atoms with Crippen LogP contribution in [0.2, 0.25) is 0 Å². The molecular formula is C11H8BrFN4O. The Morgan fingerprint density at radius 1 is 1.33 bits per heavy atom. The van der Waals surface area contributed by atoms with Gasteiger partial charge < -0.3 is 11.1 Å². The third kappa shape index (κ3) is 2.80. The molecule has 0 atom stereocenters. The maximum atomic E-state index is 12.7. The zero-order chi connectivity index (χ0) is 13.1. The minimum absolute atomic E-state index is 0.00806. The lowest BCUT2D eigenvalue weighted by atomic mass is 10.3. The van der Waals surface area contributed by atoms with E-state index in [0.29, 0.717) is 10.3 Å². The number of carbonyl (C=O) groups is 1. The minimum atomic E-state index is -0.507. The van der Waals surface area contributed by atoms with Gasteiger partial charge in [-0.1, -0.05) is 0 Å². The Hall–Kier alpha value is -2.02. The molecule has 92 valence electrons. The van der Waals surface area contributed by atoms with E-state index in [-0.39, 0.29) is 17.3 Å². The fourth-order valence-corrected chi connectivity index (χ4v) is 1.55. The first kappa shape index (κ1) is 12.4. The maximum absolute atomic E-state index is 12.7. The van der Waals surface area contributed by atoms with Gasteiger partial charge in [0.05, 0.1) is 6.20 Å². The number of rotatable bonds is 2. The molecule has 2 rings (SSSR count). The number of nitrogens with two attached hydrogens (primary N) is 1. The van der Waals surface area contributed by atoms with E-state index in [1.165, 1.54) is 30.5 Å². The molecule has 1 aromatic heterocycles. The van der Waals surface area contributed by atoms with Crippen LogP contribution in [0.1, 0.15) is 10.5 Å². The van der Waals surface area contributed by atoms with Gasteiger partial charge in [0, 0.05) is 5.69 Å². The highest BCUT2D eigenvalue weighted by Crippen LogP contribution is 2.14. The van der Waals surface area contributed by atoms with Gasteiger partial charge in [0.25, 0.3) is 5.91 Å². The highest BCUT2D eigenvalue weighted by atomic mass is 79.9. The molecule has 0 saturated carbocycles. The predicted octanol–water partition coefficient (Wildman–Crippen LogP) is 2.21. The van der Waals surface area contributed by atoms with E-state index in [0.717, 1.165) is 0 Å². The SMILES string of the molecule is Nc1ncc(Br)nc1C(=O)Nc1ccc(F)cc1. The molecule has 5 nitrogen and oxygen atoms in total. The molecule has 0 aliphatic heterocycles. The zero-order valence-electron chi connectivity index (χ0n) is 9.02. The van der Waals surface area contributed by atoms with E-state index in [1.807, 2.05) is 0 Å². The van der Waals surface area contributed by atoms with Crippen LogP contribution in [0.25, 0.3) is 0 Å². The Balaban J connectivity index is 2.21. The summed E-state index contributed by atoms with van der Waals surface area (Å²) in [5, 5.41) is 2.54. The van der Waals surface area contributed by atoms with Crippen molar-refractivity contribution in [2.45, 2.75) is 0 Å². The van der Waals surface area contributed by atoms with Gasteiger partial charge in [-0.3, -0.25) is 4.79 Å². The molecule has 0 radical (unpaired) electrons. The first-order chi connectivity index (χ1) is 8.56. The van der Waals surface area contributed by atoms with E-state index in [9.17, 15) is 9.18 Å². The summed E-state index contributed by atoms with van der Waals surface area (Å²) < 4.78 is 13.1. The number of amides is 1. The molecule has 0 bridgehead atoms. The van der Waals surface area contributed by atoms with Crippen LogP contribution in [-0.4, -0.2) is 15.9 Å². The van der Waals surface area contributed by atoms with Gasteiger partial charge in [0.1, 0.15) is 10.4 Å². The number of halogens is 2. The molecule has 0 aliphatic carbocycles. The second kappa shape index (κ2) is 5.09. The summed E-state index contributed by atoms with van der Waals surface area (Å²) in [5.41, 5.74) is 6.01. The standard InChI is InChI=1S/C11H8BrFN4O/c12-8-5-15-10(14)9(17-8)11(18)16-7-3-1-6(13)2-4-7/h1-5H,(H2,14,15)(H,16,18). The molecule has 7 heteroatoms. The Bertz CT molecular complexity index is 588. The fraction of sp³-hybridized carbons (Fsp3) is 0. The summed E-state index contributed by atoms with van der Waals surface area (Å²) in [6, 6.07) is 5.36. The van der Waals surface area contributed by atoms with Crippen LogP contribution in [0.15, 0.2) is 35.1 Å². The van der Waals surface area contributed by atoms with Gasteiger partial charge in [-0.05, 0) is 40.2 Å². The molecule has 0 spiro atoms. The van der Waals surface area contributed by atoms with Gasteiger partial charge in [0.2, 0.25) is 0 Å². The summed E-state index contributed by atoms with van der Waals surface area (Å²) in [4.78, 5) is 19.6. The van der Waals surface area contributed by atoms with Gasteiger partial charge >= 0.3 is 0 Å². The first-order valence-electron chi connectivity index (χ1n) is 4.91. The number of benzene rings is 1. The molecule has 2 aromatic rings. The topological polar surface area (TPSA) is 80.9 Å². The highest BCUT2D eigenvalue weighted by molar-refractivity contribution is 9.10. The van der Waals surface area contributed by atoms with Crippen molar-refractivity contribution in [1.29, 1.82) is 0 Å².